The third kappa shape index (κ3) is 8.38. The summed E-state index contributed by atoms with van der Waals surface area (Å²) < 4.78 is 16.1. The maximum Gasteiger partial charge on any atom is 0.343 e. The number of rotatable bonds is 11. The lowest BCUT2D eigenvalue weighted by atomic mass is 10.2. The third-order valence-corrected chi connectivity index (χ3v) is 4.15. The van der Waals surface area contributed by atoms with Gasteiger partial charge < -0.3 is 14.2 Å². The van der Waals surface area contributed by atoms with E-state index in [0.717, 1.165) is 12.2 Å². The lowest BCUT2D eigenvalue weighted by molar-refractivity contribution is 0.0734. The summed E-state index contributed by atoms with van der Waals surface area (Å²) in [6.07, 6.45) is 6.62. The van der Waals surface area contributed by atoms with Gasteiger partial charge in [-0.2, -0.15) is 0 Å². The van der Waals surface area contributed by atoms with Crippen LogP contribution in [0.1, 0.15) is 73.6 Å². The van der Waals surface area contributed by atoms with Crippen LogP contribution in [-0.4, -0.2) is 26.0 Å². The Balaban J connectivity index is 0.00000204. The van der Waals surface area contributed by atoms with Crippen molar-refractivity contribution >= 4 is 12.3 Å². The molecule has 0 spiro atoms. The third-order valence-electron chi connectivity index (χ3n) is 4.15. The highest BCUT2D eigenvalue weighted by Crippen LogP contribution is 2.24. The van der Waals surface area contributed by atoms with E-state index in [9.17, 15) is 9.59 Å². The van der Waals surface area contributed by atoms with E-state index in [0.29, 0.717) is 35.5 Å². The fourth-order valence-corrected chi connectivity index (χ4v) is 2.60. The summed E-state index contributed by atoms with van der Waals surface area (Å²) in [5, 5.41) is 0. The molecule has 0 saturated heterocycles. The molecule has 0 radical (unpaired) electrons. The van der Waals surface area contributed by atoms with E-state index in [-0.39, 0.29) is 0 Å². The summed E-state index contributed by atoms with van der Waals surface area (Å²) in [7, 11) is 1.45. The zero-order valence-electron chi connectivity index (χ0n) is 17.9. The van der Waals surface area contributed by atoms with E-state index in [4.69, 9.17) is 14.2 Å². The number of hydrogen-bond acceptors (Lipinski definition) is 5. The molecule has 0 amide bonds. The van der Waals surface area contributed by atoms with Gasteiger partial charge in [-0.15, -0.1) is 0 Å². The summed E-state index contributed by atoms with van der Waals surface area (Å²) in [4.78, 5) is 23.2. The van der Waals surface area contributed by atoms with E-state index >= 15 is 0 Å². The van der Waals surface area contributed by atoms with Gasteiger partial charge >= 0.3 is 5.97 Å². The van der Waals surface area contributed by atoms with Gasteiger partial charge in [-0.1, -0.05) is 46.5 Å². The predicted molar refractivity (Wildman–Crippen MR) is 115 cm³/mol. The quantitative estimate of drug-likeness (QED) is 0.197. The zero-order valence-corrected chi connectivity index (χ0v) is 17.9. The van der Waals surface area contributed by atoms with Crippen molar-refractivity contribution in [1.29, 1.82) is 0 Å². The highest BCUT2D eigenvalue weighted by molar-refractivity contribution is 5.91. The second kappa shape index (κ2) is 14.2. The van der Waals surface area contributed by atoms with Gasteiger partial charge in [0.1, 0.15) is 17.2 Å². The van der Waals surface area contributed by atoms with E-state index in [1.165, 1.54) is 38.9 Å². The molecule has 0 unspecified atom stereocenters. The average Bonchev–Trinajstić information content (AvgIpc) is 2.77. The Kier molecular flexibility index (Phi) is 11.9. The highest BCUT2D eigenvalue weighted by Gasteiger charge is 2.11. The van der Waals surface area contributed by atoms with Crippen molar-refractivity contribution < 1.29 is 23.8 Å². The molecule has 0 atom stereocenters. The van der Waals surface area contributed by atoms with Gasteiger partial charge in [-0.25, -0.2) is 4.79 Å². The number of benzene rings is 2. The van der Waals surface area contributed by atoms with Crippen molar-refractivity contribution in [1.82, 2.24) is 0 Å². The average molecular weight is 401 g/mol. The Hall–Kier alpha value is -2.82. The second-order valence-electron chi connectivity index (χ2n) is 6.20. The van der Waals surface area contributed by atoms with Gasteiger partial charge in [0.15, 0.2) is 6.29 Å². The second-order valence-corrected chi connectivity index (χ2v) is 6.20. The van der Waals surface area contributed by atoms with E-state index in [1.807, 2.05) is 13.8 Å². The van der Waals surface area contributed by atoms with Crippen LogP contribution < -0.4 is 14.2 Å². The normalized spacial score (nSPS) is 9.79. The summed E-state index contributed by atoms with van der Waals surface area (Å²) >= 11 is 0. The van der Waals surface area contributed by atoms with Crippen LogP contribution in [-0.2, 0) is 0 Å². The molecule has 2 rings (SSSR count). The Morgan fingerprint density at radius 3 is 2.21 bits per heavy atom. The first-order valence-corrected chi connectivity index (χ1v) is 10.3. The molecule has 0 N–H and O–H groups in total. The topological polar surface area (TPSA) is 61.8 Å². The zero-order chi connectivity index (χ0) is 21.5. The molecule has 0 aliphatic rings. The summed E-state index contributed by atoms with van der Waals surface area (Å²) in [5.74, 6) is 0.925. The molecule has 0 heterocycles. The first-order chi connectivity index (χ1) is 14.2. The molecule has 2 aromatic rings. The smallest absolute Gasteiger partial charge is 0.343 e. The summed E-state index contributed by atoms with van der Waals surface area (Å²) in [6, 6.07) is 11.5. The number of carbonyl (C=O) groups is 2. The molecular weight excluding hydrogens is 368 g/mol. The largest absolute Gasteiger partial charge is 0.496 e. The minimum atomic E-state index is -0.484. The first-order valence-electron chi connectivity index (χ1n) is 10.3. The Morgan fingerprint density at radius 2 is 1.59 bits per heavy atom. The van der Waals surface area contributed by atoms with Crippen molar-refractivity contribution in [2.45, 2.75) is 52.9 Å². The van der Waals surface area contributed by atoms with Crippen molar-refractivity contribution in [2.24, 2.45) is 0 Å². The monoisotopic (exact) mass is 400 g/mol. The fourth-order valence-electron chi connectivity index (χ4n) is 2.60. The molecule has 0 aliphatic carbocycles. The number of methoxy groups -OCH3 is 1. The highest BCUT2D eigenvalue weighted by atomic mass is 16.5. The van der Waals surface area contributed by atoms with Gasteiger partial charge in [-0.05, 0) is 42.8 Å². The number of aldehydes is 1. The molecule has 2 aromatic carbocycles. The molecule has 0 fully saturated rings. The maximum atomic E-state index is 12.3. The van der Waals surface area contributed by atoms with Gasteiger partial charge in [0.05, 0.1) is 24.8 Å². The molecule has 5 heteroatoms. The summed E-state index contributed by atoms with van der Waals surface area (Å²) in [6.45, 7) is 6.87. The molecule has 0 aromatic heterocycles. The molecule has 0 saturated carbocycles. The van der Waals surface area contributed by atoms with E-state index in [1.54, 1.807) is 36.4 Å². The Bertz CT molecular complexity index is 737. The summed E-state index contributed by atoms with van der Waals surface area (Å²) in [5.41, 5.74) is 0.817. The van der Waals surface area contributed by atoms with Gasteiger partial charge in [0.2, 0.25) is 0 Å². The molecule has 158 valence electrons. The molecule has 0 bridgehead atoms. The van der Waals surface area contributed by atoms with Crippen LogP contribution in [0.2, 0.25) is 0 Å². The van der Waals surface area contributed by atoms with Crippen LogP contribution in [0.5, 0.6) is 17.2 Å². The molecule has 0 aliphatic heterocycles. The van der Waals surface area contributed by atoms with Crippen molar-refractivity contribution in [3.8, 4) is 17.2 Å². The Labute approximate surface area is 174 Å². The van der Waals surface area contributed by atoms with Gasteiger partial charge in [0.25, 0.3) is 0 Å². The molecule has 5 nitrogen and oxygen atoms in total. The standard InChI is InChI=1S/C22H26O5.C2H6/c1-3-4-5-6-7-14-26-19-11-8-17(9-12-19)22(24)27-20-13-10-18(16-23)21(15-20)25-2;1-2/h8-13,15-16H,3-7,14H2,1-2H3;1-2H3. The minimum absolute atomic E-state index is 0.315. The number of carbonyl (C=O) groups excluding carboxylic acids is 2. The fraction of sp³-hybridized carbons (Fsp3) is 0.417. The Morgan fingerprint density at radius 1 is 0.931 bits per heavy atom. The number of ether oxygens (including phenoxy) is 3. The lowest BCUT2D eigenvalue weighted by Gasteiger charge is -2.09. The maximum absolute atomic E-state index is 12.3. The van der Waals surface area contributed by atoms with Crippen LogP contribution in [0.25, 0.3) is 0 Å². The van der Waals surface area contributed by atoms with Crippen LogP contribution in [0.3, 0.4) is 0 Å². The number of unbranched alkanes of at least 4 members (excludes halogenated alkanes) is 4. The number of hydrogen-bond donors (Lipinski definition) is 0. The number of esters is 1. The van der Waals surface area contributed by atoms with Crippen molar-refractivity contribution in [3.05, 3.63) is 53.6 Å². The van der Waals surface area contributed by atoms with Gasteiger partial charge in [-0.3, -0.25) is 4.79 Å². The van der Waals surface area contributed by atoms with Crippen molar-refractivity contribution in [2.75, 3.05) is 13.7 Å². The van der Waals surface area contributed by atoms with E-state index < -0.39 is 5.97 Å². The SMILES string of the molecule is CC.CCCCCCCOc1ccc(C(=O)Oc2ccc(C=O)c(OC)c2)cc1. The van der Waals surface area contributed by atoms with Crippen LogP contribution in [0.4, 0.5) is 0 Å². The van der Waals surface area contributed by atoms with Crippen LogP contribution in [0.15, 0.2) is 42.5 Å². The lowest BCUT2D eigenvalue weighted by Crippen LogP contribution is -2.08. The predicted octanol–water partition coefficient (Wildman–Crippen LogP) is 6.10. The minimum Gasteiger partial charge on any atom is -0.496 e. The van der Waals surface area contributed by atoms with E-state index in [2.05, 4.69) is 6.92 Å². The van der Waals surface area contributed by atoms with Gasteiger partial charge in [0, 0.05) is 6.07 Å². The molecule has 29 heavy (non-hydrogen) atoms. The van der Waals surface area contributed by atoms with Crippen LogP contribution >= 0.6 is 0 Å². The van der Waals surface area contributed by atoms with Crippen molar-refractivity contribution in [3.63, 3.8) is 0 Å². The first kappa shape index (κ1) is 24.2. The molecular formula is C24H32O5. The van der Waals surface area contributed by atoms with Crippen LogP contribution in [0, 0.1) is 0 Å².